The van der Waals surface area contributed by atoms with Crippen LogP contribution in [-0.4, -0.2) is 29.0 Å². The van der Waals surface area contributed by atoms with Crippen molar-refractivity contribution in [3.05, 3.63) is 0 Å². The van der Waals surface area contributed by atoms with Gasteiger partial charge in [0.05, 0.1) is 4.99 Å². The first-order chi connectivity index (χ1) is 7.17. The molecule has 1 heterocycles. The molecule has 0 aromatic carbocycles. The molecule has 0 amide bonds. The Morgan fingerprint density at radius 2 is 2.20 bits per heavy atom. The molecule has 2 nitrogen and oxygen atoms in total. The van der Waals surface area contributed by atoms with Gasteiger partial charge in [0, 0.05) is 25.6 Å². The van der Waals surface area contributed by atoms with Gasteiger partial charge in [0.1, 0.15) is 0 Å². The van der Waals surface area contributed by atoms with Crippen LogP contribution in [0.25, 0.3) is 0 Å². The minimum absolute atomic E-state index is 0.496. The molecular formula is C12H20N2S. The minimum atomic E-state index is 0.496. The van der Waals surface area contributed by atoms with Crippen molar-refractivity contribution < 1.29 is 0 Å². The predicted octanol–water partition coefficient (Wildman–Crippen LogP) is 1.93. The molecule has 2 aliphatic carbocycles. The lowest BCUT2D eigenvalue weighted by Crippen LogP contribution is -2.37. The zero-order valence-corrected chi connectivity index (χ0v) is 10.1. The number of piperidine rings is 1. The van der Waals surface area contributed by atoms with E-state index >= 15 is 0 Å². The third-order valence-electron chi connectivity index (χ3n) is 4.57. The maximum absolute atomic E-state index is 5.68. The van der Waals surface area contributed by atoms with Crippen LogP contribution in [0.3, 0.4) is 0 Å². The molecule has 3 heteroatoms. The molecule has 2 unspecified atom stereocenters. The van der Waals surface area contributed by atoms with Crippen molar-refractivity contribution in [1.29, 1.82) is 0 Å². The fourth-order valence-corrected chi connectivity index (χ4v) is 3.89. The highest BCUT2D eigenvalue weighted by Crippen LogP contribution is 2.51. The van der Waals surface area contributed by atoms with Crippen molar-refractivity contribution in [2.45, 2.75) is 44.6 Å². The number of nitrogens with two attached hydrogens (primary N) is 1. The van der Waals surface area contributed by atoms with E-state index in [1.54, 1.807) is 0 Å². The van der Waals surface area contributed by atoms with Crippen molar-refractivity contribution in [1.82, 2.24) is 4.90 Å². The monoisotopic (exact) mass is 224 g/mol. The van der Waals surface area contributed by atoms with Crippen molar-refractivity contribution in [3.8, 4) is 0 Å². The SMILES string of the molecule is NC(=S)CC1(CN2CC3CCC2C3)CC1. The Bertz CT molecular complexity index is 285. The number of hydrogen-bond acceptors (Lipinski definition) is 2. The maximum atomic E-state index is 5.68. The summed E-state index contributed by atoms with van der Waals surface area (Å²) in [6, 6.07) is 0.902. The lowest BCUT2D eigenvalue weighted by atomic mass is 10.00. The number of thiocarbonyl (C=S) groups is 1. The zero-order chi connectivity index (χ0) is 10.5. The summed E-state index contributed by atoms with van der Waals surface area (Å²) in [4.78, 5) is 3.44. The molecule has 3 aliphatic rings. The van der Waals surface area contributed by atoms with E-state index in [2.05, 4.69) is 4.90 Å². The van der Waals surface area contributed by atoms with E-state index < -0.39 is 0 Å². The fraction of sp³-hybridized carbons (Fsp3) is 0.917. The van der Waals surface area contributed by atoms with E-state index in [4.69, 9.17) is 18.0 Å². The third kappa shape index (κ3) is 1.92. The van der Waals surface area contributed by atoms with E-state index in [9.17, 15) is 0 Å². The van der Waals surface area contributed by atoms with Gasteiger partial charge in [0.15, 0.2) is 0 Å². The summed E-state index contributed by atoms with van der Waals surface area (Å²) in [5.74, 6) is 1.01. The van der Waals surface area contributed by atoms with Crippen LogP contribution in [0.4, 0.5) is 0 Å². The van der Waals surface area contributed by atoms with Gasteiger partial charge in [-0.1, -0.05) is 12.2 Å². The first kappa shape index (κ1) is 10.0. The van der Waals surface area contributed by atoms with Gasteiger partial charge in [-0.15, -0.1) is 0 Å². The highest BCUT2D eigenvalue weighted by atomic mass is 32.1. The topological polar surface area (TPSA) is 29.3 Å². The number of rotatable bonds is 4. The van der Waals surface area contributed by atoms with E-state index in [-0.39, 0.29) is 0 Å². The Kier molecular flexibility index (Phi) is 2.29. The molecule has 3 rings (SSSR count). The van der Waals surface area contributed by atoms with Gasteiger partial charge in [-0.3, -0.25) is 4.90 Å². The van der Waals surface area contributed by atoms with Crippen molar-refractivity contribution in [2.24, 2.45) is 17.1 Å². The van der Waals surface area contributed by atoms with Crippen LogP contribution in [0.5, 0.6) is 0 Å². The van der Waals surface area contributed by atoms with Gasteiger partial charge < -0.3 is 5.73 Å². The van der Waals surface area contributed by atoms with Gasteiger partial charge in [0.2, 0.25) is 0 Å². The number of nitrogens with zero attached hydrogens (tertiary/aromatic N) is 1. The lowest BCUT2D eigenvalue weighted by molar-refractivity contribution is 0.175. The molecule has 2 bridgehead atoms. The number of fused-ring (bicyclic) bond motifs is 2. The van der Waals surface area contributed by atoms with E-state index in [1.807, 2.05) is 0 Å². The maximum Gasteiger partial charge on any atom is 0.0733 e. The van der Waals surface area contributed by atoms with Crippen molar-refractivity contribution in [2.75, 3.05) is 13.1 Å². The lowest BCUT2D eigenvalue weighted by Gasteiger charge is -2.30. The molecule has 1 saturated heterocycles. The third-order valence-corrected chi connectivity index (χ3v) is 4.71. The molecule has 0 aromatic rings. The van der Waals surface area contributed by atoms with Crippen LogP contribution < -0.4 is 5.73 Å². The summed E-state index contributed by atoms with van der Waals surface area (Å²) >= 11 is 5.05. The summed E-state index contributed by atoms with van der Waals surface area (Å²) in [6.07, 6.45) is 8.05. The van der Waals surface area contributed by atoms with Crippen molar-refractivity contribution in [3.63, 3.8) is 0 Å². The van der Waals surface area contributed by atoms with Gasteiger partial charge in [-0.2, -0.15) is 0 Å². The first-order valence-electron chi connectivity index (χ1n) is 6.19. The number of hydrogen-bond donors (Lipinski definition) is 1. The molecule has 0 spiro atoms. The molecule has 15 heavy (non-hydrogen) atoms. The molecule has 1 aliphatic heterocycles. The highest BCUT2D eigenvalue weighted by molar-refractivity contribution is 7.80. The summed E-state index contributed by atoms with van der Waals surface area (Å²) in [7, 11) is 0. The Labute approximate surface area is 97.2 Å². The second-order valence-electron chi connectivity index (χ2n) is 5.91. The van der Waals surface area contributed by atoms with Crippen LogP contribution in [0.2, 0.25) is 0 Å². The highest BCUT2D eigenvalue weighted by Gasteiger charge is 2.48. The summed E-state index contributed by atoms with van der Waals surface area (Å²) < 4.78 is 0. The Morgan fingerprint density at radius 1 is 1.40 bits per heavy atom. The average Bonchev–Trinajstić information content (AvgIpc) is 2.61. The zero-order valence-electron chi connectivity index (χ0n) is 9.24. The van der Waals surface area contributed by atoms with Crippen LogP contribution in [-0.2, 0) is 0 Å². The molecule has 2 N–H and O–H groups in total. The normalized spacial score (nSPS) is 37.1. The second-order valence-corrected chi connectivity index (χ2v) is 6.43. The smallest absolute Gasteiger partial charge is 0.0733 e. The minimum Gasteiger partial charge on any atom is -0.393 e. The summed E-state index contributed by atoms with van der Waals surface area (Å²) in [5.41, 5.74) is 6.18. The van der Waals surface area contributed by atoms with Gasteiger partial charge in [-0.05, 0) is 43.4 Å². The molecule has 3 fully saturated rings. The molecule has 2 saturated carbocycles. The average molecular weight is 224 g/mol. The predicted molar refractivity (Wildman–Crippen MR) is 65.8 cm³/mol. The summed E-state index contributed by atoms with van der Waals surface area (Å²) in [5, 5.41) is 0. The first-order valence-corrected chi connectivity index (χ1v) is 6.60. The van der Waals surface area contributed by atoms with Crippen LogP contribution in [0.1, 0.15) is 38.5 Å². The molecular weight excluding hydrogens is 204 g/mol. The Hall–Kier alpha value is -0.150. The second kappa shape index (κ2) is 3.42. The quantitative estimate of drug-likeness (QED) is 0.740. The molecule has 2 atom stereocenters. The Balaban J connectivity index is 1.59. The largest absolute Gasteiger partial charge is 0.393 e. The van der Waals surface area contributed by atoms with Gasteiger partial charge in [0.25, 0.3) is 0 Å². The van der Waals surface area contributed by atoms with Gasteiger partial charge in [-0.25, -0.2) is 0 Å². The van der Waals surface area contributed by atoms with Gasteiger partial charge >= 0.3 is 0 Å². The molecule has 84 valence electrons. The molecule has 0 aromatic heterocycles. The van der Waals surface area contributed by atoms with Crippen LogP contribution >= 0.6 is 12.2 Å². The van der Waals surface area contributed by atoms with Crippen LogP contribution in [0.15, 0.2) is 0 Å². The Morgan fingerprint density at radius 3 is 2.67 bits per heavy atom. The standard InChI is InChI=1S/C12H20N2S/c13-11(15)6-12(3-4-12)8-14-7-9-1-2-10(14)5-9/h9-10H,1-8H2,(H2,13,15). The van der Waals surface area contributed by atoms with E-state index in [0.717, 1.165) is 23.4 Å². The number of likely N-dealkylation sites (tertiary alicyclic amines) is 1. The fourth-order valence-electron chi connectivity index (χ4n) is 3.59. The van der Waals surface area contributed by atoms with Crippen LogP contribution in [0, 0.1) is 11.3 Å². The molecule has 0 radical (unpaired) electrons. The van der Waals surface area contributed by atoms with E-state index in [1.165, 1.54) is 45.2 Å². The van der Waals surface area contributed by atoms with Crippen molar-refractivity contribution >= 4 is 17.2 Å². The van der Waals surface area contributed by atoms with E-state index in [0.29, 0.717) is 5.41 Å². The summed E-state index contributed by atoms with van der Waals surface area (Å²) in [6.45, 7) is 2.62.